The summed E-state index contributed by atoms with van der Waals surface area (Å²) in [5.41, 5.74) is 0.00568. The molecule has 0 aliphatic carbocycles. The number of carbonyl (C=O) groups excluding carboxylic acids is 2. The number of esters is 2. The van der Waals surface area contributed by atoms with Gasteiger partial charge >= 0.3 is 11.9 Å². The molecule has 4 nitrogen and oxygen atoms in total. The summed E-state index contributed by atoms with van der Waals surface area (Å²) in [6.45, 7) is 8.67. The lowest BCUT2D eigenvalue weighted by Crippen LogP contribution is -2.40. The Kier molecular flexibility index (Phi) is 6.35. The minimum Gasteiger partial charge on any atom is -0.462 e. The van der Waals surface area contributed by atoms with E-state index in [9.17, 15) is 9.59 Å². The first-order chi connectivity index (χ1) is 10.2. The van der Waals surface area contributed by atoms with E-state index in [2.05, 4.69) is 0 Å². The van der Waals surface area contributed by atoms with Gasteiger partial charge in [-0.05, 0) is 46.3 Å². The molecular formula is C18H24O4. The average Bonchev–Trinajstić information content (AvgIpc) is 2.45. The largest absolute Gasteiger partial charge is 0.462 e. The van der Waals surface area contributed by atoms with Crippen LogP contribution in [0.4, 0.5) is 0 Å². The van der Waals surface area contributed by atoms with Gasteiger partial charge in [0.05, 0.1) is 11.5 Å². The number of hydrogen-bond donors (Lipinski definition) is 0. The summed E-state index contributed by atoms with van der Waals surface area (Å²) >= 11 is 0. The number of benzene rings is 1. The van der Waals surface area contributed by atoms with Gasteiger partial charge in [0, 0.05) is 6.08 Å². The fraction of sp³-hybridized carbons (Fsp3) is 0.444. The summed E-state index contributed by atoms with van der Waals surface area (Å²) in [4.78, 5) is 23.9. The Bertz CT molecular complexity index is 529. The third kappa shape index (κ3) is 5.35. The van der Waals surface area contributed by atoms with Crippen molar-refractivity contribution in [2.24, 2.45) is 5.41 Å². The Hall–Kier alpha value is -2.10. The van der Waals surface area contributed by atoms with Crippen molar-refractivity contribution in [2.75, 3.05) is 0 Å². The molecule has 22 heavy (non-hydrogen) atoms. The van der Waals surface area contributed by atoms with E-state index >= 15 is 0 Å². The topological polar surface area (TPSA) is 52.6 Å². The summed E-state index contributed by atoms with van der Waals surface area (Å²) < 4.78 is 10.5. The van der Waals surface area contributed by atoms with Crippen molar-refractivity contribution < 1.29 is 19.1 Å². The van der Waals surface area contributed by atoms with Crippen LogP contribution >= 0.6 is 0 Å². The van der Waals surface area contributed by atoms with Gasteiger partial charge in [0.1, 0.15) is 6.10 Å². The van der Waals surface area contributed by atoms with E-state index < -0.39 is 17.5 Å². The van der Waals surface area contributed by atoms with Crippen molar-refractivity contribution in [3.8, 4) is 0 Å². The summed E-state index contributed by atoms with van der Waals surface area (Å²) in [6.07, 6.45) is 2.24. The van der Waals surface area contributed by atoms with Crippen LogP contribution in [0.2, 0.25) is 0 Å². The molecule has 0 heterocycles. The molecule has 4 heteroatoms. The van der Waals surface area contributed by atoms with E-state index in [0.29, 0.717) is 0 Å². The second kappa shape index (κ2) is 7.78. The van der Waals surface area contributed by atoms with Crippen molar-refractivity contribution in [1.82, 2.24) is 0 Å². The van der Waals surface area contributed by atoms with Gasteiger partial charge in [0.25, 0.3) is 0 Å². The molecule has 0 amide bonds. The molecule has 1 aromatic carbocycles. The quantitative estimate of drug-likeness (QED) is 0.595. The fourth-order valence-corrected chi connectivity index (χ4v) is 1.62. The number of ether oxygens (including phenoxy) is 2. The molecule has 1 atom stereocenters. The molecule has 0 spiro atoms. The maximum absolute atomic E-state index is 12.0. The standard InChI is InChI=1S/C18H24O4/c1-13(2)21-17(20)18(4,5)14(3)22-16(19)12-11-15-9-7-6-8-10-15/h6-14H,1-5H3. The predicted octanol–water partition coefficient (Wildman–Crippen LogP) is 3.61. The van der Waals surface area contributed by atoms with E-state index in [4.69, 9.17) is 9.47 Å². The first kappa shape index (κ1) is 18.0. The minimum absolute atomic E-state index is 0.201. The molecule has 0 aromatic heterocycles. The molecule has 1 unspecified atom stereocenters. The van der Waals surface area contributed by atoms with Crippen LogP contribution in [0.15, 0.2) is 36.4 Å². The molecule has 1 aromatic rings. The predicted molar refractivity (Wildman–Crippen MR) is 86.0 cm³/mol. The maximum Gasteiger partial charge on any atom is 0.331 e. The third-order valence-corrected chi connectivity index (χ3v) is 3.39. The van der Waals surface area contributed by atoms with Crippen LogP contribution in [0.5, 0.6) is 0 Å². The van der Waals surface area contributed by atoms with Gasteiger partial charge in [-0.25, -0.2) is 4.79 Å². The van der Waals surface area contributed by atoms with Gasteiger partial charge < -0.3 is 9.47 Å². The third-order valence-electron chi connectivity index (χ3n) is 3.39. The van der Waals surface area contributed by atoms with E-state index in [1.54, 1.807) is 40.7 Å². The van der Waals surface area contributed by atoms with Crippen molar-refractivity contribution in [1.29, 1.82) is 0 Å². The highest BCUT2D eigenvalue weighted by Gasteiger charge is 2.38. The zero-order valence-electron chi connectivity index (χ0n) is 13.8. The van der Waals surface area contributed by atoms with Crippen molar-refractivity contribution in [3.05, 3.63) is 42.0 Å². The van der Waals surface area contributed by atoms with Crippen LogP contribution in [0.25, 0.3) is 6.08 Å². The van der Waals surface area contributed by atoms with Gasteiger partial charge in [-0.1, -0.05) is 30.3 Å². The summed E-state index contributed by atoms with van der Waals surface area (Å²) in [7, 11) is 0. The van der Waals surface area contributed by atoms with Crippen LogP contribution in [0, 0.1) is 5.41 Å². The van der Waals surface area contributed by atoms with E-state index in [-0.39, 0.29) is 12.1 Å². The lowest BCUT2D eigenvalue weighted by Gasteiger charge is -2.29. The lowest BCUT2D eigenvalue weighted by molar-refractivity contribution is -0.169. The molecule has 0 saturated carbocycles. The first-order valence-corrected chi connectivity index (χ1v) is 7.38. The molecule has 120 valence electrons. The zero-order chi connectivity index (χ0) is 16.8. The van der Waals surface area contributed by atoms with Crippen LogP contribution < -0.4 is 0 Å². The van der Waals surface area contributed by atoms with E-state index in [1.807, 2.05) is 30.3 Å². The van der Waals surface area contributed by atoms with Gasteiger partial charge in [-0.3, -0.25) is 4.79 Å². The second-order valence-corrected chi connectivity index (χ2v) is 6.00. The molecule has 0 N–H and O–H groups in total. The molecule has 0 bridgehead atoms. The van der Waals surface area contributed by atoms with Crippen molar-refractivity contribution in [2.45, 2.75) is 46.8 Å². The zero-order valence-corrected chi connectivity index (χ0v) is 13.8. The normalized spacial score (nSPS) is 13.2. The lowest BCUT2D eigenvalue weighted by atomic mass is 9.87. The Balaban J connectivity index is 2.63. The Morgan fingerprint density at radius 1 is 1.05 bits per heavy atom. The van der Waals surface area contributed by atoms with Gasteiger partial charge in [-0.2, -0.15) is 0 Å². The molecule has 0 saturated heterocycles. The number of rotatable bonds is 6. The SMILES string of the molecule is CC(C)OC(=O)C(C)(C)C(C)OC(=O)C=Cc1ccccc1. The monoisotopic (exact) mass is 304 g/mol. The number of hydrogen-bond acceptors (Lipinski definition) is 4. The van der Waals surface area contributed by atoms with Crippen LogP contribution in [-0.2, 0) is 19.1 Å². The fourth-order valence-electron chi connectivity index (χ4n) is 1.62. The van der Waals surface area contributed by atoms with Crippen LogP contribution in [0.1, 0.15) is 40.2 Å². The highest BCUT2D eigenvalue weighted by molar-refractivity contribution is 5.87. The van der Waals surface area contributed by atoms with Crippen LogP contribution in [0.3, 0.4) is 0 Å². The highest BCUT2D eigenvalue weighted by Crippen LogP contribution is 2.26. The smallest absolute Gasteiger partial charge is 0.331 e. The van der Waals surface area contributed by atoms with Crippen LogP contribution in [-0.4, -0.2) is 24.1 Å². The average molecular weight is 304 g/mol. The van der Waals surface area contributed by atoms with Crippen molar-refractivity contribution in [3.63, 3.8) is 0 Å². The van der Waals surface area contributed by atoms with Gasteiger partial charge in [0.2, 0.25) is 0 Å². The number of carbonyl (C=O) groups is 2. The minimum atomic E-state index is -0.902. The maximum atomic E-state index is 12.0. The Labute approximate surface area is 132 Å². The summed E-state index contributed by atoms with van der Waals surface area (Å²) in [6, 6.07) is 9.45. The summed E-state index contributed by atoms with van der Waals surface area (Å²) in [5.74, 6) is -0.864. The molecular weight excluding hydrogens is 280 g/mol. The van der Waals surface area contributed by atoms with Crippen molar-refractivity contribution >= 4 is 18.0 Å². The van der Waals surface area contributed by atoms with Gasteiger partial charge in [-0.15, -0.1) is 0 Å². The second-order valence-electron chi connectivity index (χ2n) is 6.00. The summed E-state index contributed by atoms with van der Waals surface area (Å²) in [5, 5.41) is 0. The van der Waals surface area contributed by atoms with E-state index in [0.717, 1.165) is 5.56 Å². The molecule has 0 aliphatic heterocycles. The molecule has 0 radical (unpaired) electrons. The Morgan fingerprint density at radius 2 is 1.64 bits per heavy atom. The Morgan fingerprint density at radius 3 is 2.18 bits per heavy atom. The molecule has 1 rings (SSSR count). The molecule has 0 fully saturated rings. The molecule has 0 aliphatic rings. The van der Waals surface area contributed by atoms with E-state index in [1.165, 1.54) is 6.08 Å². The first-order valence-electron chi connectivity index (χ1n) is 7.38. The van der Waals surface area contributed by atoms with Gasteiger partial charge in [0.15, 0.2) is 0 Å². The highest BCUT2D eigenvalue weighted by atomic mass is 16.6.